The van der Waals surface area contributed by atoms with E-state index in [-0.39, 0.29) is 5.92 Å². The van der Waals surface area contributed by atoms with Crippen LogP contribution in [0.4, 0.5) is 0 Å². The molecule has 0 aliphatic heterocycles. The third-order valence-electron chi connectivity index (χ3n) is 12.0. The Hall–Kier alpha value is -7.48. The zero-order chi connectivity index (χ0) is 37.9. The van der Waals surface area contributed by atoms with Gasteiger partial charge in [0.1, 0.15) is 5.82 Å². The number of fused-ring (bicyclic) bond motifs is 12. The zero-order valence-corrected chi connectivity index (χ0v) is 31.0. The first-order chi connectivity index (χ1) is 28.2. The zero-order valence-electron chi connectivity index (χ0n) is 31.0. The van der Waals surface area contributed by atoms with Crippen LogP contribution in [0.25, 0.3) is 67.2 Å². The van der Waals surface area contributed by atoms with E-state index in [0.29, 0.717) is 12.0 Å². The van der Waals surface area contributed by atoms with Crippen molar-refractivity contribution in [3.05, 3.63) is 222 Å². The van der Waals surface area contributed by atoms with E-state index in [0.717, 1.165) is 39.6 Å². The molecule has 0 bridgehead atoms. The molecule has 6 aromatic carbocycles. The maximum Gasteiger partial charge on any atom is 0.136 e. The van der Waals surface area contributed by atoms with E-state index < -0.39 is 5.41 Å². The van der Waals surface area contributed by atoms with Gasteiger partial charge in [0.15, 0.2) is 0 Å². The van der Waals surface area contributed by atoms with Gasteiger partial charge in [0.25, 0.3) is 0 Å². The topological polar surface area (TPSA) is 62.5 Å². The summed E-state index contributed by atoms with van der Waals surface area (Å²) in [5.41, 5.74) is 18.4. The molecule has 3 aliphatic carbocycles. The smallest absolute Gasteiger partial charge is 0.136 e. The van der Waals surface area contributed by atoms with Crippen molar-refractivity contribution in [1.82, 2.24) is 15.0 Å². The lowest BCUT2D eigenvalue weighted by Crippen LogP contribution is -2.29. The Balaban J connectivity index is 1.14. The van der Waals surface area contributed by atoms with Gasteiger partial charge in [-0.1, -0.05) is 152 Å². The second kappa shape index (κ2) is 13.1. The van der Waals surface area contributed by atoms with Gasteiger partial charge in [-0.25, -0.2) is 9.97 Å². The van der Waals surface area contributed by atoms with E-state index in [4.69, 9.17) is 9.97 Å². The van der Waals surface area contributed by atoms with Crippen LogP contribution in [0.2, 0.25) is 0 Å². The number of nitrogens with zero attached hydrogens (tertiary/aromatic N) is 4. The number of benzene rings is 6. The second-order valence-corrected chi connectivity index (χ2v) is 15.0. The van der Waals surface area contributed by atoms with E-state index in [1.54, 1.807) is 0 Å². The highest BCUT2D eigenvalue weighted by atomic mass is 14.9. The Morgan fingerprint density at radius 3 is 1.58 bits per heavy atom. The maximum atomic E-state index is 9.56. The normalized spacial score (nSPS) is 15.3. The van der Waals surface area contributed by atoms with Gasteiger partial charge in [-0.05, 0) is 92.4 Å². The van der Waals surface area contributed by atoms with Gasteiger partial charge in [0.2, 0.25) is 0 Å². The predicted molar refractivity (Wildman–Crippen MR) is 228 cm³/mol. The lowest BCUT2D eigenvalue weighted by molar-refractivity contribution is 0.771. The van der Waals surface area contributed by atoms with Gasteiger partial charge in [-0.15, -0.1) is 0 Å². The fourth-order valence-electron chi connectivity index (χ4n) is 9.38. The molecule has 57 heavy (non-hydrogen) atoms. The van der Waals surface area contributed by atoms with Crippen LogP contribution in [0, 0.1) is 11.3 Å². The van der Waals surface area contributed by atoms with Crippen molar-refractivity contribution in [3.63, 3.8) is 0 Å². The van der Waals surface area contributed by atoms with Crippen molar-refractivity contribution >= 4 is 0 Å². The maximum absolute atomic E-state index is 9.56. The van der Waals surface area contributed by atoms with Gasteiger partial charge in [0, 0.05) is 34.4 Å². The number of aromatic nitrogens is 3. The Kier molecular flexibility index (Phi) is 7.55. The highest BCUT2D eigenvalue weighted by Crippen LogP contribution is 2.61. The van der Waals surface area contributed by atoms with Crippen molar-refractivity contribution in [2.45, 2.75) is 17.8 Å². The first-order valence-electron chi connectivity index (χ1n) is 19.4. The number of hydrogen-bond donors (Lipinski definition) is 0. The molecule has 1 atom stereocenters. The summed E-state index contributed by atoms with van der Waals surface area (Å²) < 4.78 is 0. The standard InChI is InChI=1S/C53H34N4/c54-33-34-20-22-37(23-21-34)52-56-50(36-26-24-35(25-27-36)49-19-9-10-30-55-49)32-51(57-52)38-28-29-48-44(31-38)40-12-2-1-11-39(40)41-13-3-6-16-45(41)53(48)46-17-7-4-14-42(46)43-15-5-8-18-47(43)53/h1-22,24-32,37H,23H2. The molecular weight excluding hydrogens is 693 g/mol. The first-order valence-corrected chi connectivity index (χ1v) is 19.4. The molecule has 0 radical (unpaired) electrons. The van der Waals surface area contributed by atoms with Crippen LogP contribution in [-0.2, 0) is 5.41 Å². The van der Waals surface area contributed by atoms with Crippen LogP contribution in [-0.4, -0.2) is 15.0 Å². The SMILES string of the molecule is N#CC1=CCC(c2nc(-c3ccc(-c4ccccn4)cc3)cc(-c3ccc4c(c3)-c3ccccc3-c3ccccc3C43c4ccccc4-c4ccccc43)n2)C=C1. The van der Waals surface area contributed by atoms with E-state index in [2.05, 4.69) is 163 Å². The average Bonchev–Trinajstić information content (AvgIpc) is 3.54. The van der Waals surface area contributed by atoms with Crippen molar-refractivity contribution in [1.29, 1.82) is 5.26 Å². The third-order valence-corrected chi connectivity index (χ3v) is 12.0. The minimum Gasteiger partial charge on any atom is -0.256 e. The molecule has 4 nitrogen and oxygen atoms in total. The average molecular weight is 727 g/mol. The minimum absolute atomic E-state index is 0.0561. The van der Waals surface area contributed by atoms with Gasteiger partial charge < -0.3 is 0 Å². The predicted octanol–water partition coefficient (Wildman–Crippen LogP) is 12.4. The van der Waals surface area contributed by atoms with Crippen LogP contribution >= 0.6 is 0 Å². The molecule has 2 aromatic heterocycles. The third kappa shape index (κ3) is 5.10. The fraction of sp³-hybridized carbons (Fsp3) is 0.0566. The summed E-state index contributed by atoms with van der Waals surface area (Å²) in [6.45, 7) is 0. The molecular formula is C53H34N4. The molecule has 2 heterocycles. The second-order valence-electron chi connectivity index (χ2n) is 15.0. The van der Waals surface area contributed by atoms with Crippen molar-refractivity contribution in [2.24, 2.45) is 0 Å². The Labute approximate surface area is 331 Å². The summed E-state index contributed by atoms with van der Waals surface area (Å²) >= 11 is 0. The molecule has 3 aliphatic rings. The van der Waals surface area contributed by atoms with Gasteiger partial charge >= 0.3 is 0 Å². The quantitative estimate of drug-likeness (QED) is 0.181. The first kappa shape index (κ1) is 32.9. The molecule has 0 N–H and O–H groups in total. The van der Waals surface area contributed by atoms with Crippen molar-refractivity contribution < 1.29 is 0 Å². The summed E-state index contributed by atoms with van der Waals surface area (Å²) in [4.78, 5) is 15.1. The lowest BCUT2D eigenvalue weighted by Gasteiger charge is -2.35. The molecule has 0 saturated carbocycles. The number of pyridine rings is 1. The highest BCUT2D eigenvalue weighted by Gasteiger charge is 2.49. The number of nitriles is 1. The molecule has 0 amide bonds. The van der Waals surface area contributed by atoms with Crippen LogP contribution in [0.1, 0.15) is 40.4 Å². The minimum atomic E-state index is -0.536. The van der Waals surface area contributed by atoms with Gasteiger partial charge in [-0.3, -0.25) is 4.98 Å². The van der Waals surface area contributed by atoms with Crippen LogP contribution in [0.5, 0.6) is 0 Å². The van der Waals surface area contributed by atoms with Crippen LogP contribution < -0.4 is 0 Å². The summed E-state index contributed by atoms with van der Waals surface area (Å²) in [7, 11) is 0. The highest BCUT2D eigenvalue weighted by molar-refractivity contribution is 5.98. The van der Waals surface area contributed by atoms with Crippen LogP contribution in [0.15, 0.2) is 194 Å². The van der Waals surface area contributed by atoms with E-state index in [9.17, 15) is 5.26 Å². The van der Waals surface area contributed by atoms with Gasteiger partial charge in [-0.2, -0.15) is 5.26 Å². The lowest BCUT2D eigenvalue weighted by atomic mass is 9.66. The Bertz CT molecular complexity index is 2960. The Morgan fingerprint density at radius 1 is 0.491 bits per heavy atom. The van der Waals surface area contributed by atoms with Crippen molar-refractivity contribution in [2.75, 3.05) is 0 Å². The largest absolute Gasteiger partial charge is 0.256 e. The van der Waals surface area contributed by atoms with Gasteiger partial charge in [0.05, 0.1) is 28.6 Å². The molecule has 4 heteroatoms. The monoisotopic (exact) mass is 726 g/mol. The number of rotatable bonds is 4. The molecule has 8 aromatic rings. The molecule has 0 saturated heterocycles. The molecule has 266 valence electrons. The molecule has 1 unspecified atom stereocenters. The van der Waals surface area contributed by atoms with E-state index >= 15 is 0 Å². The molecule has 0 fully saturated rings. The van der Waals surface area contributed by atoms with Crippen molar-refractivity contribution in [3.8, 4) is 73.2 Å². The fourth-order valence-corrected chi connectivity index (χ4v) is 9.38. The summed E-state index contributed by atoms with van der Waals surface area (Å²) in [5.74, 6) is 0.679. The summed E-state index contributed by atoms with van der Waals surface area (Å²) in [5, 5.41) is 9.56. The van der Waals surface area contributed by atoms with E-state index in [1.165, 1.54) is 55.6 Å². The van der Waals surface area contributed by atoms with E-state index in [1.807, 2.05) is 36.5 Å². The molecule has 11 rings (SSSR count). The summed E-state index contributed by atoms with van der Waals surface area (Å²) in [6, 6.07) is 61.5. The molecule has 1 spiro atoms. The number of hydrogen-bond acceptors (Lipinski definition) is 4. The summed E-state index contributed by atoms with van der Waals surface area (Å²) in [6.07, 6.45) is 8.42. The number of allylic oxidation sites excluding steroid dienone is 4. The Morgan fingerprint density at radius 2 is 1.00 bits per heavy atom. The van der Waals surface area contributed by atoms with Crippen LogP contribution in [0.3, 0.4) is 0 Å².